The molecule has 0 radical (unpaired) electrons. The fraction of sp³-hybridized carbons (Fsp3) is 0.111. The van der Waals surface area contributed by atoms with E-state index < -0.39 is 34.0 Å². The van der Waals surface area contributed by atoms with E-state index in [4.69, 9.17) is 0 Å². The van der Waals surface area contributed by atoms with Gasteiger partial charge in [-0.05, 0) is 51.2 Å². The molecule has 9 rings (SSSR count). The second kappa shape index (κ2) is 9.78. The number of hydrogen-bond acceptors (Lipinski definition) is 6. The Kier molecular flexibility index (Phi) is 5.79. The fourth-order valence-electron chi connectivity index (χ4n) is 7.70. The van der Waals surface area contributed by atoms with Gasteiger partial charge >= 0.3 is 0 Å². The summed E-state index contributed by atoms with van der Waals surface area (Å²) in [6.45, 7) is 0. The highest BCUT2D eigenvalue weighted by atomic mass is 16.6. The number of carbonyl (C=O) groups excluding carboxylic acids is 3. The van der Waals surface area contributed by atoms with Crippen molar-refractivity contribution < 1.29 is 19.3 Å². The van der Waals surface area contributed by atoms with Crippen molar-refractivity contribution in [3.05, 3.63) is 153 Å². The predicted molar refractivity (Wildman–Crippen MR) is 168 cm³/mol. The van der Waals surface area contributed by atoms with Gasteiger partial charge in [0.1, 0.15) is 0 Å². The van der Waals surface area contributed by atoms with E-state index in [2.05, 4.69) is 10.5 Å². The number of nitro benzene ring substituents is 1. The van der Waals surface area contributed by atoms with E-state index in [1.807, 2.05) is 84.9 Å². The van der Waals surface area contributed by atoms with Gasteiger partial charge < -0.3 is 0 Å². The smallest absolute Gasteiger partial charge is 0.271 e. The maximum Gasteiger partial charge on any atom is 0.271 e. The van der Waals surface area contributed by atoms with Crippen LogP contribution in [0.15, 0.2) is 120 Å². The number of rotatable bonds is 5. The quantitative estimate of drug-likeness (QED) is 0.121. The van der Waals surface area contributed by atoms with E-state index in [-0.39, 0.29) is 23.2 Å². The minimum absolute atomic E-state index is 0.138. The van der Waals surface area contributed by atoms with Crippen LogP contribution in [-0.2, 0) is 15.0 Å². The summed E-state index contributed by atoms with van der Waals surface area (Å²) >= 11 is 0. The first-order valence-corrected chi connectivity index (χ1v) is 14.5. The van der Waals surface area contributed by atoms with Gasteiger partial charge in [-0.25, -0.2) is 10.3 Å². The zero-order valence-corrected chi connectivity index (χ0v) is 23.7. The lowest BCUT2D eigenvalue weighted by Crippen LogP contribution is -2.54. The van der Waals surface area contributed by atoms with Gasteiger partial charge in [0.15, 0.2) is 0 Å². The van der Waals surface area contributed by atoms with E-state index in [1.165, 1.54) is 24.3 Å². The summed E-state index contributed by atoms with van der Waals surface area (Å²) in [4.78, 5) is 54.1. The molecule has 218 valence electrons. The number of benzene rings is 5. The lowest BCUT2D eigenvalue weighted by atomic mass is 9.47. The molecule has 9 heteroatoms. The first kappa shape index (κ1) is 26.7. The molecule has 0 unspecified atom stereocenters. The van der Waals surface area contributed by atoms with Gasteiger partial charge in [0.2, 0.25) is 11.8 Å². The average Bonchev–Trinajstić information content (AvgIpc) is 3.34. The lowest BCUT2D eigenvalue weighted by molar-refractivity contribution is -0.384. The summed E-state index contributed by atoms with van der Waals surface area (Å²) in [7, 11) is 0. The van der Waals surface area contributed by atoms with Crippen LogP contribution in [0.2, 0.25) is 0 Å². The number of anilines is 1. The summed E-state index contributed by atoms with van der Waals surface area (Å²) in [5.74, 6) is -3.15. The summed E-state index contributed by atoms with van der Waals surface area (Å²) in [5.41, 5.74) is 5.69. The van der Waals surface area contributed by atoms with Crippen molar-refractivity contribution in [2.24, 2.45) is 16.9 Å². The van der Waals surface area contributed by atoms with Gasteiger partial charge in [0.25, 0.3) is 11.6 Å². The van der Waals surface area contributed by atoms with E-state index >= 15 is 0 Å². The molecule has 1 N–H and O–H groups in total. The maximum atomic E-state index is 14.5. The number of nitrogens with zero attached hydrogens (tertiary/aromatic N) is 3. The predicted octanol–water partition coefficient (Wildman–Crippen LogP) is 5.71. The van der Waals surface area contributed by atoms with Crippen molar-refractivity contribution >= 4 is 46.1 Å². The minimum atomic E-state index is -1.17. The van der Waals surface area contributed by atoms with Gasteiger partial charge in [0, 0.05) is 29.8 Å². The molecular formula is C36H24N4O5. The second-order valence-electron chi connectivity index (χ2n) is 11.5. The molecule has 1 saturated heterocycles. The zero-order valence-electron chi connectivity index (χ0n) is 23.7. The molecule has 2 atom stereocenters. The first-order chi connectivity index (χ1) is 21.9. The number of fused-ring (bicyclic) bond motifs is 1. The van der Waals surface area contributed by atoms with Crippen LogP contribution in [0.4, 0.5) is 11.4 Å². The van der Waals surface area contributed by atoms with Crippen LogP contribution < -0.4 is 10.3 Å². The molecule has 5 aromatic rings. The number of nitro groups is 1. The number of nitrogens with one attached hydrogen (secondary N) is 1. The molecule has 0 aromatic heterocycles. The fourth-order valence-corrected chi connectivity index (χ4v) is 7.70. The molecule has 9 nitrogen and oxygen atoms in total. The monoisotopic (exact) mass is 592 g/mol. The highest BCUT2D eigenvalue weighted by molar-refractivity contribution is 6.25. The zero-order chi connectivity index (χ0) is 30.9. The Morgan fingerprint density at radius 1 is 0.800 bits per heavy atom. The number of non-ortho nitro benzene ring substituents is 1. The number of carbonyl (C=O) groups is 3. The van der Waals surface area contributed by atoms with Gasteiger partial charge in [-0.3, -0.25) is 24.5 Å². The number of imide groups is 1. The topological polar surface area (TPSA) is 122 Å². The maximum absolute atomic E-state index is 14.5. The Bertz CT molecular complexity index is 2070. The molecule has 45 heavy (non-hydrogen) atoms. The number of hydrazone groups is 1. The second-order valence-corrected chi connectivity index (χ2v) is 11.5. The molecule has 1 aliphatic heterocycles. The molecule has 0 saturated carbocycles. The third-order valence-corrected chi connectivity index (χ3v) is 9.47. The van der Waals surface area contributed by atoms with Gasteiger partial charge in [0.05, 0.1) is 27.9 Å². The van der Waals surface area contributed by atoms with E-state index in [9.17, 15) is 24.5 Å². The third kappa shape index (κ3) is 3.67. The Morgan fingerprint density at radius 2 is 1.42 bits per heavy atom. The van der Waals surface area contributed by atoms with Crippen LogP contribution in [0.3, 0.4) is 0 Å². The third-order valence-electron chi connectivity index (χ3n) is 9.47. The van der Waals surface area contributed by atoms with Crippen molar-refractivity contribution in [3.8, 4) is 0 Å². The molecule has 0 spiro atoms. The summed E-state index contributed by atoms with van der Waals surface area (Å²) < 4.78 is 0. The Balaban J connectivity index is 1.27. The highest BCUT2D eigenvalue weighted by Crippen LogP contribution is 2.63. The molecule has 3 aliphatic carbocycles. The van der Waals surface area contributed by atoms with Crippen LogP contribution in [-0.4, -0.2) is 28.9 Å². The molecule has 1 heterocycles. The van der Waals surface area contributed by atoms with Crippen LogP contribution in [0.1, 0.15) is 38.5 Å². The highest BCUT2D eigenvalue weighted by Gasteiger charge is 2.68. The van der Waals surface area contributed by atoms with E-state index in [1.54, 1.807) is 12.3 Å². The Hall–Kier alpha value is -5.96. The Morgan fingerprint density at radius 3 is 2.11 bits per heavy atom. The van der Waals surface area contributed by atoms with Gasteiger partial charge in [-0.1, -0.05) is 84.9 Å². The molecular weight excluding hydrogens is 568 g/mol. The average molecular weight is 593 g/mol. The minimum Gasteiger partial charge on any atom is -0.274 e. The standard InChI is InChI=1S/C36H24N4O5/c41-33(25-13-7-9-21-8-1-2-10-24(21)25)38-37-20-36-28-14-5-3-11-26(28)30(27-12-4-6-15-29(27)36)31-32(36)35(43)39(34(31)42)22-16-18-23(19-17-22)40(44)45/h1-20,30-32H,(H,38,41)/b37-20-/t30?,31-,32-,36?/m0/s1. The van der Waals surface area contributed by atoms with Crippen LogP contribution in [0, 0.1) is 22.0 Å². The normalized spacial score (nSPS) is 22.8. The van der Waals surface area contributed by atoms with Crippen LogP contribution in [0.25, 0.3) is 10.8 Å². The summed E-state index contributed by atoms with van der Waals surface area (Å²) in [6.07, 6.45) is 1.62. The number of hydrogen-bond donors (Lipinski definition) is 1. The van der Waals surface area contributed by atoms with Crippen molar-refractivity contribution in [2.75, 3.05) is 4.90 Å². The molecule has 2 bridgehead atoms. The van der Waals surface area contributed by atoms with Crippen molar-refractivity contribution in [1.82, 2.24) is 5.43 Å². The van der Waals surface area contributed by atoms with Crippen molar-refractivity contribution in [3.63, 3.8) is 0 Å². The molecule has 1 fully saturated rings. The van der Waals surface area contributed by atoms with Crippen LogP contribution in [0.5, 0.6) is 0 Å². The van der Waals surface area contributed by atoms with Gasteiger partial charge in [-0.2, -0.15) is 5.10 Å². The number of amides is 3. The molecule has 4 aliphatic rings. The largest absolute Gasteiger partial charge is 0.274 e. The lowest BCUT2D eigenvalue weighted by Gasteiger charge is -2.52. The van der Waals surface area contributed by atoms with Crippen LogP contribution >= 0.6 is 0 Å². The first-order valence-electron chi connectivity index (χ1n) is 14.5. The Labute approximate surface area is 256 Å². The SMILES string of the molecule is O=C(N/N=C\C12c3ccccc3C(c3ccccc31)[C@@H]1C(=O)N(c3ccc([N+](=O)[O-])cc3)C(=O)[C@H]12)c1cccc2ccccc12. The van der Waals surface area contributed by atoms with E-state index in [0.29, 0.717) is 5.56 Å². The van der Waals surface area contributed by atoms with Crippen molar-refractivity contribution in [2.45, 2.75) is 11.3 Å². The van der Waals surface area contributed by atoms with E-state index in [0.717, 1.165) is 37.9 Å². The summed E-state index contributed by atoms with van der Waals surface area (Å²) in [6, 6.07) is 34.0. The van der Waals surface area contributed by atoms with Crippen molar-refractivity contribution in [1.29, 1.82) is 0 Å². The van der Waals surface area contributed by atoms with Gasteiger partial charge in [-0.15, -0.1) is 0 Å². The molecule has 3 amide bonds. The molecule has 5 aromatic carbocycles. The summed E-state index contributed by atoms with van der Waals surface area (Å²) in [5, 5.41) is 17.5.